The van der Waals surface area contributed by atoms with E-state index in [9.17, 15) is 4.79 Å². The molecule has 1 rings (SSSR count). The first-order valence-electron chi connectivity index (χ1n) is 4.17. The highest BCUT2D eigenvalue weighted by Crippen LogP contribution is 2.01. The molecular weight excluding hydrogens is 164 g/mol. The number of carbonyl (C=O) groups is 1. The molecule has 0 heterocycles. The summed E-state index contributed by atoms with van der Waals surface area (Å²) in [5.74, 6) is -0.230. The van der Waals surface area contributed by atoms with Crippen molar-refractivity contribution in [2.75, 3.05) is 0 Å². The maximum absolute atomic E-state index is 10.9. The van der Waals surface area contributed by atoms with Gasteiger partial charge in [0.15, 0.2) is 0 Å². The quantitative estimate of drug-likeness (QED) is 0.657. The topological polar surface area (TPSA) is 26.3 Å². The first-order chi connectivity index (χ1) is 6.33. The molecule has 2 heteroatoms. The third-order valence-corrected chi connectivity index (χ3v) is 1.56. The Morgan fingerprint density at radius 2 is 2.08 bits per heavy atom. The van der Waals surface area contributed by atoms with E-state index in [1.165, 1.54) is 0 Å². The summed E-state index contributed by atoms with van der Waals surface area (Å²) in [6, 6.07) is 9.61. The first kappa shape index (κ1) is 9.78. The molecule has 2 nitrogen and oxygen atoms in total. The highest BCUT2D eigenvalue weighted by atomic mass is 16.5. The third kappa shape index (κ3) is 3.74. The van der Waals surface area contributed by atoms with Crippen LogP contribution in [0.15, 0.2) is 30.3 Å². The van der Waals surface area contributed by atoms with Gasteiger partial charge in [0, 0.05) is 0 Å². The smallest absolute Gasteiger partial charge is 0.306 e. The standard InChI is InChI=1S/C11H12O2/c1-2-6-11(12)13-9-10-7-4-3-5-8-10/h3-5,7-8H,6,9H2,1H3. The summed E-state index contributed by atoms with van der Waals surface area (Å²) >= 11 is 0. The van der Waals surface area contributed by atoms with Crippen LogP contribution in [0, 0.1) is 6.42 Å². The second-order valence-electron chi connectivity index (χ2n) is 2.68. The summed E-state index contributed by atoms with van der Waals surface area (Å²) in [5.41, 5.74) is 1.01. The number of esters is 1. The minimum Gasteiger partial charge on any atom is -0.461 e. The van der Waals surface area contributed by atoms with E-state index in [0.717, 1.165) is 5.56 Å². The minimum absolute atomic E-state index is 0.230. The summed E-state index contributed by atoms with van der Waals surface area (Å²) in [5, 5.41) is 0. The van der Waals surface area contributed by atoms with Crippen LogP contribution in [0.5, 0.6) is 0 Å². The average Bonchev–Trinajstić information content (AvgIpc) is 2.17. The minimum atomic E-state index is -0.230. The summed E-state index contributed by atoms with van der Waals surface area (Å²) in [7, 11) is 0. The van der Waals surface area contributed by atoms with Gasteiger partial charge in [-0.1, -0.05) is 37.3 Å². The highest BCUT2D eigenvalue weighted by molar-refractivity contribution is 5.70. The van der Waals surface area contributed by atoms with E-state index in [-0.39, 0.29) is 12.4 Å². The molecule has 0 atom stereocenters. The van der Waals surface area contributed by atoms with Crippen LogP contribution < -0.4 is 0 Å². The van der Waals surface area contributed by atoms with Crippen molar-refractivity contribution < 1.29 is 9.53 Å². The lowest BCUT2D eigenvalue weighted by molar-refractivity contribution is -0.144. The average molecular weight is 176 g/mol. The van der Waals surface area contributed by atoms with Gasteiger partial charge in [0.1, 0.15) is 6.61 Å². The van der Waals surface area contributed by atoms with Gasteiger partial charge in [-0.05, 0) is 12.0 Å². The van der Waals surface area contributed by atoms with Crippen LogP contribution in [-0.2, 0) is 16.1 Å². The van der Waals surface area contributed by atoms with E-state index in [4.69, 9.17) is 4.74 Å². The Bertz CT molecular complexity index is 254. The second kappa shape index (κ2) is 5.36. The van der Waals surface area contributed by atoms with Gasteiger partial charge in [0.05, 0.1) is 6.42 Å². The maximum Gasteiger partial charge on any atom is 0.306 e. The number of hydrogen-bond donors (Lipinski definition) is 0. The van der Waals surface area contributed by atoms with Gasteiger partial charge < -0.3 is 4.74 Å². The van der Waals surface area contributed by atoms with Crippen molar-refractivity contribution in [3.05, 3.63) is 42.3 Å². The predicted octanol–water partition coefficient (Wildman–Crippen LogP) is 2.22. The van der Waals surface area contributed by atoms with Crippen LogP contribution in [0.25, 0.3) is 0 Å². The van der Waals surface area contributed by atoms with Crippen LogP contribution in [0.1, 0.15) is 18.9 Å². The van der Waals surface area contributed by atoms with E-state index in [0.29, 0.717) is 6.61 Å². The Labute approximate surface area is 78.5 Å². The SMILES string of the molecule is C[C]CC(=O)OCc1ccccc1. The molecule has 1 aromatic rings. The fourth-order valence-corrected chi connectivity index (χ4v) is 0.933. The molecular formula is C11H12O2. The highest BCUT2D eigenvalue weighted by Gasteiger charge is 2.00. The molecule has 13 heavy (non-hydrogen) atoms. The van der Waals surface area contributed by atoms with Crippen LogP contribution >= 0.6 is 0 Å². The van der Waals surface area contributed by atoms with Crippen molar-refractivity contribution in [1.29, 1.82) is 0 Å². The molecule has 0 aliphatic carbocycles. The van der Waals surface area contributed by atoms with Crippen molar-refractivity contribution in [3.63, 3.8) is 0 Å². The first-order valence-corrected chi connectivity index (χ1v) is 4.17. The zero-order valence-corrected chi connectivity index (χ0v) is 7.62. The molecule has 0 unspecified atom stereocenters. The van der Waals surface area contributed by atoms with Gasteiger partial charge in [-0.25, -0.2) is 0 Å². The fourth-order valence-electron chi connectivity index (χ4n) is 0.933. The van der Waals surface area contributed by atoms with E-state index in [2.05, 4.69) is 6.42 Å². The molecule has 2 radical (unpaired) electrons. The summed E-state index contributed by atoms with van der Waals surface area (Å²) in [6.07, 6.45) is 2.99. The molecule has 0 aliphatic rings. The van der Waals surface area contributed by atoms with E-state index in [1.807, 2.05) is 30.3 Å². The lowest BCUT2D eigenvalue weighted by atomic mass is 10.2. The summed E-state index contributed by atoms with van der Waals surface area (Å²) < 4.78 is 4.97. The van der Waals surface area contributed by atoms with Crippen LogP contribution in [-0.4, -0.2) is 5.97 Å². The molecule has 0 spiro atoms. The van der Waals surface area contributed by atoms with Gasteiger partial charge in [0.25, 0.3) is 0 Å². The normalized spacial score (nSPS) is 9.62. The molecule has 0 bridgehead atoms. The number of benzene rings is 1. The lowest BCUT2D eigenvalue weighted by Gasteiger charge is -2.02. The largest absolute Gasteiger partial charge is 0.461 e. The van der Waals surface area contributed by atoms with Crippen LogP contribution in [0.3, 0.4) is 0 Å². The van der Waals surface area contributed by atoms with E-state index < -0.39 is 0 Å². The molecule has 1 aromatic carbocycles. The Hall–Kier alpha value is -1.31. The molecule has 0 fully saturated rings. The van der Waals surface area contributed by atoms with Crippen molar-refractivity contribution in [2.45, 2.75) is 20.0 Å². The lowest BCUT2D eigenvalue weighted by Crippen LogP contribution is -2.03. The number of hydrogen-bond acceptors (Lipinski definition) is 2. The van der Waals surface area contributed by atoms with Gasteiger partial charge >= 0.3 is 5.97 Å². The zero-order valence-electron chi connectivity index (χ0n) is 7.62. The maximum atomic E-state index is 10.9. The van der Waals surface area contributed by atoms with Crippen LogP contribution in [0.4, 0.5) is 0 Å². The third-order valence-electron chi connectivity index (χ3n) is 1.56. The summed E-state index contributed by atoms with van der Waals surface area (Å²) in [6.45, 7) is 2.06. The molecule has 68 valence electrons. The van der Waals surface area contributed by atoms with Crippen molar-refractivity contribution in [1.82, 2.24) is 0 Å². The second-order valence-corrected chi connectivity index (χ2v) is 2.68. The Balaban J connectivity index is 2.31. The zero-order chi connectivity index (χ0) is 9.52. The van der Waals surface area contributed by atoms with Gasteiger partial charge in [-0.3, -0.25) is 4.79 Å². The summed E-state index contributed by atoms with van der Waals surface area (Å²) in [4.78, 5) is 10.9. The monoisotopic (exact) mass is 176 g/mol. The van der Waals surface area contributed by atoms with Gasteiger partial charge in [-0.15, -0.1) is 0 Å². The molecule has 0 aliphatic heterocycles. The van der Waals surface area contributed by atoms with Crippen LogP contribution in [0.2, 0.25) is 0 Å². The Kier molecular flexibility index (Phi) is 4.03. The molecule has 0 saturated carbocycles. The van der Waals surface area contributed by atoms with Gasteiger partial charge in [0.2, 0.25) is 0 Å². The fraction of sp³-hybridized carbons (Fsp3) is 0.273. The molecule has 0 N–H and O–H groups in total. The van der Waals surface area contributed by atoms with Gasteiger partial charge in [-0.2, -0.15) is 0 Å². The van der Waals surface area contributed by atoms with E-state index >= 15 is 0 Å². The Morgan fingerprint density at radius 1 is 1.38 bits per heavy atom. The number of rotatable bonds is 4. The number of ether oxygens (including phenoxy) is 1. The molecule has 0 aromatic heterocycles. The van der Waals surface area contributed by atoms with Crippen molar-refractivity contribution in [3.8, 4) is 0 Å². The molecule has 0 saturated heterocycles. The number of carbonyl (C=O) groups excluding carboxylic acids is 1. The Morgan fingerprint density at radius 3 is 2.69 bits per heavy atom. The van der Waals surface area contributed by atoms with Crippen molar-refractivity contribution in [2.24, 2.45) is 0 Å². The van der Waals surface area contributed by atoms with Crippen molar-refractivity contribution >= 4 is 5.97 Å². The predicted molar refractivity (Wildman–Crippen MR) is 49.8 cm³/mol. The van der Waals surface area contributed by atoms with E-state index in [1.54, 1.807) is 6.92 Å². The molecule has 0 amide bonds.